The second-order valence-corrected chi connectivity index (χ2v) is 6.85. The SMILES string of the molecule is CC(C(=O)O)C1CN(C(=O)NC2CCC(C)(C)C2)C1. The number of carbonyl (C=O) groups excluding carboxylic acids is 1. The lowest BCUT2D eigenvalue weighted by Crippen LogP contribution is -2.57. The van der Waals surface area contributed by atoms with Gasteiger partial charge in [0.2, 0.25) is 0 Å². The Morgan fingerprint density at radius 3 is 2.47 bits per heavy atom. The van der Waals surface area contributed by atoms with Crippen molar-refractivity contribution in [3.8, 4) is 0 Å². The van der Waals surface area contributed by atoms with Gasteiger partial charge in [-0.25, -0.2) is 4.79 Å². The number of hydrogen-bond acceptors (Lipinski definition) is 2. The number of amides is 2. The van der Waals surface area contributed by atoms with Gasteiger partial charge in [0, 0.05) is 25.0 Å². The van der Waals surface area contributed by atoms with Gasteiger partial charge in [0.05, 0.1) is 5.92 Å². The molecular weight excluding hydrogens is 244 g/mol. The van der Waals surface area contributed by atoms with E-state index in [0.717, 1.165) is 19.3 Å². The van der Waals surface area contributed by atoms with E-state index in [4.69, 9.17) is 5.11 Å². The zero-order chi connectivity index (χ0) is 14.2. The minimum atomic E-state index is -0.775. The van der Waals surface area contributed by atoms with E-state index in [2.05, 4.69) is 19.2 Å². The molecule has 1 aliphatic carbocycles. The van der Waals surface area contributed by atoms with Crippen LogP contribution in [0.25, 0.3) is 0 Å². The van der Waals surface area contributed by atoms with Gasteiger partial charge >= 0.3 is 12.0 Å². The minimum Gasteiger partial charge on any atom is -0.481 e. The van der Waals surface area contributed by atoms with Gasteiger partial charge in [0.1, 0.15) is 0 Å². The minimum absolute atomic E-state index is 0.0310. The van der Waals surface area contributed by atoms with E-state index in [1.807, 2.05) is 0 Å². The summed E-state index contributed by atoms with van der Waals surface area (Å²) in [6, 6.07) is 0.245. The van der Waals surface area contributed by atoms with Crippen molar-refractivity contribution in [2.24, 2.45) is 17.3 Å². The summed E-state index contributed by atoms with van der Waals surface area (Å²) in [6.07, 6.45) is 3.22. The molecule has 1 saturated carbocycles. The first-order valence-electron chi connectivity index (χ1n) is 7.07. The molecule has 108 valence electrons. The molecule has 0 aromatic rings. The maximum Gasteiger partial charge on any atom is 0.317 e. The zero-order valence-corrected chi connectivity index (χ0v) is 12.0. The molecule has 19 heavy (non-hydrogen) atoms. The summed E-state index contributed by atoms with van der Waals surface area (Å²) in [6.45, 7) is 7.30. The van der Waals surface area contributed by atoms with Crippen LogP contribution in [0.1, 0.15) is 40.0 Å². The Bertz CT molecular complexity index is 375. The lowest BCUT2D eigenvalue weighted by Gasteiger charge is -2.41. The molecular formula is C14H24N2O3. The fourth-order valence-electron chi connectivity index (χ4n) is 3.02. The number of carboxylic acid groups (broad SMARTS) is 1. The monoisotopic (exact) mass is 268 g/mol. The third-order valence-corrected chi connectivity index (χ3v) is 4.59. The fraction of sp³-hybridized carbons (Fsp3) is 0.857. The molecule has 2 N–H and O–H groups in total. The molecule has 0 aromatic carbocycles. The average molecular weight is 268 g/mol. The van der Waals surface area contributed by atoms with Gasteiger partial charge in [0.25, 0.3) is 0 Å². The molecule has 2 fully saturated rings. The summed E-state index contributed by atoms with van der Waals surface area (Å²) in [4.78, 5) is 24.6. The first kappa shape index (κ1) is 14.2. The molecule has 2 atom stereocenters. The Balaban J connectivity index is 1.74. The van der Waals surface area contributed by atoms with Crippen molar-refractivity contribution in [3.05, 3.63) is 0 Å². The van der Waals surface area contributed by atoms with Crippen molar-refractivity contribution in [2.75, 3.05) is 13.1 Å². The molecule has 5 heteroatoms. The van der Waals surface area contributed by atoms with Crippen LogP contribution >= 0.6 is 0 Å². The molecule has 5 nitrogen and oxygen atoms in total. The van der Waals surface area contributed by atoms with Crippen LogP contribution < -0.4 is 5.32 Å². The van der Waals surface area contributed by atoms with Gasteiger partial charge in [-0.2, -0.15) is 0 Å². The van der Waals surface area contributed by atoms with Gasteiger partial charge in [-0.05, 0) is 24.7 Å². The number of carboxylic acids is 1. The Morgan fingerprint density at radius 2 is 2.00 bits per heavy atom. The van der Waals surface area contributed by atoms with E-state index in [1.165, 1.54) is 0 Å². The number of nitrogens with zero attached hydrogens (tertiary/aromatic N) is 1. The highest BCUT2D eigenvalue weighted by atomic mass is 16.4. The van der Waals surface area contributed by atoms with Crippen molar-refractivity contribution in [1.82, 2.24) is 10.2 Å². The van der Waals surface area contributed by atoms with Gasteiger partial charge in [-0.3, -0.25) is 4.79 Å². The normalized spacial score (nSPS) is 27.7. The lowest BCUT2D eigenvalue weighted by atomic mass is 9.87. The summed E-state index contributed by atoms with van der Waals surface area (Å²) in [5.41, 5.74) is 0.327. The molecule has 0 bridgehead atoms. The molecule has 1 heterocycles. The predicted octanol–water partition coefficient (Wildman–Crippen LogP) is 1.93. The molecule has 2 rings (SSSR count). The van der Waals surface area contributed by atoms with Crippen LogP contribution in [0.2, 0.25) is 0 Å². The van der Waals surface area contributed by atoms with Crippen molar-refractivity contribution < 1.29 is 14.7 Å². The van der Waals surface area contributed by atoms with Gasteiger partial charge < -0.3 is 15.3 Å². The lowest BCUT2D eigenvalue weighted by molar-refractivity contribution is -0.144. The second kappa shape index (κ2) is 5.02. The van der Waals surface area contributed by atoms with Crippen LogP contribution in [-0.2, 0) is 4.79 Å². The molecule has 2 unspecified atom stereocenters. The number of nitrogens with one attached hydrogen (secondary N) is 1. The first-order valence-corrected chi connectivity index (χ1v) is 7.07. The molecule has 1 aliphatic heterocycles. The number of urea groups is 1. The number of likely N-dealkylation sites (tertiary alicyclic amines) is 1. The van der Waals surface area contributed by atoms with E-state index >= 15 is 0 Å². The Labute approximate surface area is 114 Å². The Kier molecular flexibility index (Phi) is 3.74. The Hall–Kier alpha value is -1.26. The first-order chi connectivity index (χ1) is 8.78. The number of hydrogen-bond donors (Lipinski definition) is 2. The third kappa shape index (κ3) is 3.19. The van der Waals surface area contributed by atoms with Crippen LogP contribution in [0.5, 0.6) is 0 Å². The molecule has 0 radical (unpaired) electrons. The van der Waals surface area contributed by atoms with Crippen LogP contribution in [0.4, 0.5) is 4.79 Å². The fourth-order valence-corrected chi connectivity index (χ4v) is 3.02. The molecule has 2 aliphatic rings. The van der Waals surface area contributed by atoms with E-state index in [1.54, 1.807) is 11.8 Å². The summed E-state index contributed by atoms with van der Waals surface area (Å²) >= 11 is 0. The third-order valence-electron chi connectivity index (χ3n) is 4.59. The second-order valence-electron chi connectivity index (χ2n) is 6.85. The van der Waals surface area contributed by atoms with Gasteiger partial charge in [0.15, 0.2) is 0 Å². The van der Waals surface area contributed by atoms with Crippen LogP contribution in [0, 0.1) is 17.3 Å². The maximum atomic E-state index is 12.0. The van der Waals surface area contributed by atoms with Crippen molar-refractivity contribution in [3.63, 3.8) is 0 Å². The quantitative estimate of drug-likeness (QED) is 0.821. The van der Waals surface area contributed by atoms with E-state index in [0.29, 0.717) is 18.5 Å². The average Bonchev–Trinajstić information content (AvgIpc) is 2.55. The standard InChI is InChI=1S/C14H24N2O3/c1-9(12(17)18)10-7-16(8-10)13(19)15-11-4-5-14(2,3)6-11/h9-11H,4-8H2,1-3H3,(H,15,19)(H,17,18). The van der Waals surface area contributed by atoms with E-state index in [9.17, 15) is 9.59 Å². The molecule has 1 saturated heterocycles. The van der Waals surface area contributed by atoms with Crippen molar-refractivity contribution in [2.45, 2.75) is 46.1 Å². The molecule has 0 aromatic heterocycles. The summed E-state index contributed by atoms with van der Waals surface area (Å²) in [5, 5.41) is 12.0. The topological polar surface area (TPSA) is 69.6 Å². The number of rotatable bonds is 3. The van der Waals surface area contributed by atoms with Crippen LogP contribution in [0.15, 0.2) is 0 Å². The van der Waals surface area contributed by atoms with Gasteiger partial charge in [-0.1, -0.05) is 20.8 Å². The predicted molar refractivity (Wildman–Crippen MR) is 71.8 cm³/mol. The smallest absolute Gasteiger partial charge is 0.317 e. The summed E-state index contributed by atoms with van der Waals surface area (Å²) < 4.78 is 0. The zero-order valence-electron chi connectivity index (χ0n) is 12.0. The Morgan fingerprint density at radius 1 is 1.37 bits per heavy atom. The number of aliphatic carboxylic acids is 1. The molecule has 2 amide bonds. The highest BCUT2D eigenvalue weighted by Crippen LogP contribution is 2.37. The van der Waals surface area contributed by atoms with Gasteiger partial charge in [-0.15, -0.1) is 0 Å². The van der Waals surface area contributed by atoms with E-state index in [-0.39, 0.29) is 23.9 Å². The van der Waals surface area contributed by atoms with Crippen LogP contribution in [-0.4, -0.2) is 41.1 Å². The largest absolute Gasteiger partial charge is 0.481 e. The van der Waals surface area contributed by atoms with Crippen molar-refractivity contribution >= 4 is 12.0 Å². The van der Waals surface area contributed by atoms with Crippen LogP contribution in [0.3, 0.4) is 0 Å². The summed E-state index contributed by atoms with van der Waals surface area (Å²) in [7, 11) is 0. The highest BCUT2D eigenvalue weighted by molar-refractivity contribution is 5.76. The molecule has 0 spiro atoms. The number of carbonyl (C=O) groups is 2. The maximum absolute atomic E-state index is 12.0. The summed E-state index contributed by atoms with van der Waals surface area (Å²) in [5.74, 6) is -1.04. The van der Waals surface area contributed by atoms with E-state index < -0.39 is 5.97 Å². The van der Waals surface area contributed by atoms with Crippen molar-refractivity contribution in [1.29, 1.82) is 0 Å². The highest BCUT2D eigenvalue weighted by Gasteiger charge is 2.39.